The average molecular weight is 565 g/mol. The van der Waals surface area contributed by atoms with Gasteiger partial charge in [0.1, 0.15) is 0 Å². The normalized spacial score (nSPS) is 21.6. The molecule has 4 heterocycles. The third-order valence-electron chi connectivity index (χ3n) is 8.02. The molecule has 4 saturated heterocycles. The van der Waals surface area contributed by atoms with Gasteiger partial charge in [0.15, 0.2) is 5.81 Å². The van der Waals surface area contributed by atoms with Gasteiger partial charge >= 0.3 is 0 Å². The molecule has 3 N–H and O–H groups in total. The second-order valence-corrected chi connectivity index (χ2v) is 11.0. The lowest BCUT2D eigenvalue weighted by atomic mass is 10.0. The highest BCUT2D eigenvalue weighted by Crippen LogP contribution is 2.13. The van der Waals surface area contributed by atoms with E-state index in [1.807, 2.05) is 9.80 Å². The van der Waals surface area contributed by atoms with Crippen molar-refractivity contribution < 1.29 is 23.9 Å². The van der Waals surface area contributed by atoms with E-state index in [0.717, 1.165) is 117 Å². The fourth-order valence-electron chi connectivity index (χ4n) is 5.50. The lowest BCUT2D eigenvalue weighted by molar-refractivity contribution is -0.133. The minimum Gasteiger partial charge on any atom is -0.379 e. The number of carbonyl (C=O) groups excluding carboxylic acids is 3. The summed E-state index contributed by atoms with van der Waals surface area (Å²) in [5.74, 6) is 0.0428. The Kier molecular flexibility index (Phi) is 16.7. The molecule has 3 amide bonds. The van der Waals surface area contributed by atoms with E-state index in [2.05, 4.69) is 15.1 Å². The Morgan fingerprint density at radius 3 is 1.50 bits per heavy atom. The van der Waals surface area contributed by atoms with Gasteiger partial charge in [-0.15, -0.1) is 0 Å². The fraction of sp³-hybridized carbons (Fsp3) is 0.893. The summed E-state index contributed by atoms with van der Waals surface area (Å²) in [7, 11) is 5.11. The van der Waals surface area contributed by atoms with E-state index < -0.39 is 5.81 Å². The van der Waals surface area contributed by atoms with E-state index in [9.17, 15) is 14.4 Å². The molecule has 0 spiro atoms. The van der Waals surface area contributed by atoms with Crippen LogP contribution in [0.2, 0.25) is 0 Å². The Bertz CT molecular complexity index is 735. The molecule has 0 unspecified atom stereocenters. The number of hydrogen-bond acceptors (Lipinski definition) is 8. The number of piperidine rings is 2. The first-order valence-electron chi connectivity index (χ1n) is 14.9. The number of nitrogens with two attached hydrogens (primary N) is 1. The van der Waals surface area contributed by atoms with Crippen molar-refractivity contribution in [1.82, 2.24) is 24.9 Å². The molecular weight excluding hydrogens is 511 g/mol. The number of rotatable bonds is 9. The van der Waals surface area contributed by atoms with Crippen molar-refractivity contribution in [3.63, 3.8) is 0 Å². The standard InChI is InChI=1S/C14H24BN3O3.C13H25N3O2.CH4/c15-14(20)16-12-3-6-18(7-4-12)13(19)2-1-5-17-8-10-21-11-9-17;14-12-3-6-16(7-4-12)13(17)2-1-5-15-8-10-18-11-9-15;/h12H,1-11H2,(H,16,20);12H,1-11,14H2;1H4. The number of ether oxygens (including phenoxy) is 2. The zero-order valence-electron chi connectivity index (χ0n) is 23.7. The van der Waals surface area contributed by atoms with E-state index in [0.29, 0.717) is 37.9 Å². The Morgan fingerprint density at radius 1 is 0.700 bits per heavy atom. The van der Waals surface area contributed by atoms with Crippen LogP contribution >= 0.6 is 0 Å². The van der Waals surface area contributed by atoms with Gasteiger partial charge in [-0.05, 0) is 51.6 Å². The summed E-state index contributed by atoms with van der Waals surface area (Å²) in [4.78, 5) is 43.5. The maximum atomic E-state index is 12.1. The molecule has 0 aromatic carbocycles. The number of morpholine rings is 2. The first kappa shape index (κ1) is 34.5. The van der Waals surface area contributed by atoms with Gasteiger partial charge in [-0.25, -0.2) is 0 Å². The number of likely N-dealkylation sites (tertiary alicyclic amines) is 2. The Labute approximate surface area is 242 Å². The molecule has 0 bridgehead atoms. The number of nitrogens with zero attached hydrogens (tertiary/aromatic N) is 4. The van der Waals surface area contributed by atoms with Crippen LogP contribution in [0.15, 0.2) is 0 Å². The molecule has 4 fully saturated rings. The monoisotopic (exact) mass is 564 g/mol. The highest BCUT2D eigenvalue weighted by molar-refractivity contribution is 6.57. The maximum absolute atomic E-state index is 12.1. The summed E-state index contributed by atoms with van der Waals surface area (Å²) in [6, 6.07) is 0.405. The molecule has 40 heavy (non-hydrogen) atoms. The zero-order chi connectivity index (χ0) is 27.9. The van der Waals surface area contributed by atoms with E-state index in [-0.39, 0.29) is 19.4 Å². The summed E-state index contributed by atoms with van der Waals surface area (Å²) < 4.78 is 10.6. The number of carbonyl (C=O) groups is 3. The van der Waals surface area contributed by atoms with Gasteiger partial charge in [0.25, 0.3) is 0 Å². The van der Waals surface area contributed by atoms with Gasteiger partial charge in [-0.2, -0.15) is 0 Å². The molecule has 0 aliphatic carbocycles. The third-order valence-corrected chi connectivity index (χ3v) is 8.02. The lowest BCUT2D eigenvalue weighted by Crippen LogP contribution is -2.46. The molecule has 228 valence electrons. The van der Waals surface area contributed by atoms with Gasteiger partial charge in [0.2, 0.25) is 19.7 Å². The Hall–Kier alpha value is -1.73. The zero-order valence-corrected chi connectivity index (χ0v) is 23.7. The summed E-state index contributed by atoms with van der Waals surface area (Å²) in [6.45, 7) is 12.3. The molecule has 0 atom stereocenters. The molecular formula is C28H53BN6O5. The fourth-order valence-corrected chi connectivity index (χ4v) is 5.50. The highest BCUT2D eigenvalue weighted by atomic mass is 16.5. The molecule has 4 rings (SSSR count). The second kappa shape index (κ2) is 19.4. The van der Waals surface area contributed by atoms with Crippen LogP contribution in [0.3, 0.4) is 0 Å². The summed E-state index contributed by atoms with van der Waals surface area (Å²) in [5.41, 5.74) is 5.84. The van der Waals surface area contributed by atoms with Crippen LogP contribution in [0, 0.1) is 0 Å². The van der Waals surface area contributed by atoms with E-state index in [4.69, 9.17) is 23.1 Å². The van der Waals surface area contributed by atoms with E-state index in [1.165, 1.54) is 0 Å². The SMILES string of the molecule is C.NC1CCN(C(=O)CCCN2CCOCC2)CC1.[B]C(=O)NC1CCN(C(=O)CCCN2CCOCC2)CC1. The molecule has 2 radical (unpaired) electrons. The topological polar surface area (TPSA) is 121 Å². The van der Waals surface area contributed by atoms with Crippen LogP contribution in [0.1, 0.15) is 58.8 Å². The van der Waals surface area contributed by atoms with Crippen LogP contribution in [-0.4, -0.2) is 149 Å². The van der Waals surface area contributed by atoms with Crippen molar-refractivity contribution in [2.45, 2.75) is 70.9 Å². The van der Waals surface area contributed by atoms with Crippen molar-refractivity contribution in [3.05, 3.63) is 0 Å². The van der Waals surface area contributed by atoms with Crippen LogP contribution in [0.4, 0.5) is 4.79 Å². The molecule has 0 aromatic heterocycles. The van der Waals surface area contributed by atoms with Crippen molar-refractivity contribution in [2.24, 2.45) is 5.73 Å². The van der Waals surface area contributed by atoms with Crippen molar-refractivity contribution in [1.29, 1.82) is 0 Å². The van der Waals surface area contributed by atoms with Gasteiger partial charge in [0, 0.05) is 77.3 Å². The summed E-state index contributed by atoms with van der Waals surface area (Å²) >= 11 is 0. The second-order valence-electron chi connectivity index (χ2n) is 11.0. The summed E-state index contributed by atoms with van der Waals surface area (Å²) in [5, 5.41) is 2.71. The van der Waals surface area contributed by atoms with Crippen LogP contribution < -0.4 is 11.1 Å². The van der Waals surface area contributed by atoms with Crippen molar-refractivity contribution in [2.75, 3.05) is 91.9 Å². The molecule has 4 aliphatic heterocycles. The molecule has 0 aromatic rings. The minimum absolute atomic E-state index is 0. The number of hydrogen-bond donors (Lipinski definition) is 2. The van der Waals surface area contributed by atoms with E-state index >= 15 is 0 Å². The molecule has 4 aliphatic rings. The quantitative estimate of drug-likeness (QED) is 0.392. The smallest absolute Gasteiger partial charge is 0.222 e. The van der Waals surface area contributed by atoms with Crippen molar-refractivity contribution >= 4 is 25.5 Å². The predicted octanol–water partition coefficient (Wildman–Crippen LogP) is 0.653. The first-order valence-corrected chi connectivity index (χ1v) is 14.9. The van der Waals surface area contributed by atoms with Gasteiger partial charge in [-0.1, -0.05) is 7.43 Å². The Balaban J connectivity index is 0.000000276. The van der Waals surface area contributed by atoms with Crippen LogP contribution in [0.5, 0.6) is 0 Å². The Morgan fingerprint density at radius 2 is 1.10 bits per heavy atom. The first-order chi connectivity index (χ1) is 18.9. The van der Waals surface area contributed by atoms with Crippen LogP contribution in [-0.2, 0) is 19.1 Å². The van der Waals surface area contributed by atoms with Crippen molar-refractivity contribution in [3.8, 4) is 0 Å². The predicted molar refractivity (Wildman–Crippen MR) is 157 cm³/mol. The third kappa shape index (κ3) is 13.3. The lowest BCUT2D eigenvalue weighted by Gasteiger charge is -2.32. The van der Waals surface area contributed by atoms with Crippen LogP contribution in [0.25, 0.3) is 0 Å². The van der Waals surface area contributed by atoms with E-state index in [1.54, 1.807) is 0 Å². The molecule has 0 saturated carbocycles. The molecule has 12 heteroatoms. The largest absolute Gasteiger partial charge is 0.379 e. The van der Waals surface area contributed by atoms with Gasteiger partial charge < -0.3 is 30.3 Å². The maximum Gasteiger partial charge on any atom is 0.222 e. The summed E-state index contributed by atoms with van der Waals surface area (Å²) in [6.07, 6.45) is 6.62. The minimum atomic E-state index is -0.481. The average Bonchev–Trinajstić information content (AvgIpc) is 2.95. The highest BCUT2D eigenvalue weighted by Gasteiger charge is 2.23. The van der Waals surface area contributed by atoms with Gasteiger partial charge in [-0.3, -0.25) is 24.2 Å². The number of nitrogens with one attached hydrogen (secondary N) is 1. The number of amides is 3. The molecule has 11 nitrogen and oxygen atoms in total. The van der Waals surface area contributed by atoms with Gasteiger partial charge in [0.05, 0.1) is 26.4 Å².